The maximum Gasteiger partial charge on any atom is 0.148 e. The van der Waals surface area contributed by atoms with Gasteiger partial charge in [-0.15, -0.1) is 0 Å². The highest BCUT2D eigenvalue weighted by Gasteiger charge is 2.24. The minimum absolute atomic E-state index is 0.403. The van der Waals surface area contributed by atoms with Gasteiger partial charge in [0.15, 0.2) is 0 Å². The number of benzene rings is 1. The maximum absolute atomic E-state index is 14.8. The third-order valence-corrected chi connectivity index (χ3v) is 5.52. The number of hydrogen-bond donors (Lipinski definition) is 0. The second-order valence-electron chi connectivity index (χ2n) is 7.56. The van der Waals surface area contributed by atoms with Crippen molar-refractivity contribution in [2.24, 2.45) is 5.92 Å². The molecule has 0 aromatic heterocycles. The molecule has 0 aliphatic rings. The van der Waals surface area contributed by atoms with E-state index in [0.29, 0.717) is 17.9 Å². The van der Waals surface area contributed by atoms with Crippen molar-refractivity contribution in [3.63, 3.8) is 0 Å². The Morgan fingerprint density at radius 3 is 2.32 bits per heavy atom. The minimum Gasteiger partial charge on any atom is -0.496 e. The van der Waals surface area contributed by atoms with Gasteiger partial charge in [0.2, 0.25) is 0 Å². The molecule has 0 aliphatic heterocycles. The summed E-state index contributed by atoms with van der Waals surface area (Å²) < 4.78 is 20.5. The first kappa shape index (κ1) is 24.4. The van der Waals surface area contributed by atoms with Gasteiger partial charge in [-0.25, -0.2) is 4.39 Å². The van der Waals surface area contributed by atoms with Crippen molar-refractivity contribution in [3.05, 3.63) is 71.3 Å². The topological polar surface area (TPSA) is 9.23 Å². The summed E-state index contributed by atoms with van der Waals surface area (Å²) in [6, 6.07) is 8.20. The van der Waals surface area contributed by atoms with Crippen LogP contribution in [0.25, 0.3) is 11.3 Å². The van der Waals surface area contributed by atoms with Crippen molar-refractivity contribution in [3.8, 4) is 0 Å². The molecule has 0 saturated carbocycles. The second kappa shape index (κ2) is 11.4. The van der Waals surface area contributed by atoms with Crippen molar-refractivity contribution in [2.45, 2.75) is 59.3 Å². The highest BCUT2D eigenvalue weighted by atomic mass is 31.0. The first-order chi connectivity index (χ1) is 13.2. The molecular formula is C25H36FOP. The third-order valence-electron chi connectivity index (χ3n) is 4.86. The smallest absolute Gasteiger partial charge is 0.148 e. The lowest BCUT2D eigenvalue weighted by Crippen LogP contribution is -2.14. The molecule has 3 atom stereocenters. The van der Waals surface area contributed by atoms with Crippen molar-refractivity contribution < 1.29 is 9.13 Å². The van der Waals surface area contributed by atoms with Crippen LogP contribution in [-0.2, 0) is 4.74 Å². The summed E-state index contributed by atoms with van der Waals surface area (Å²) in [7, 11) is 4.01. The fourth-order valence-electron chi connectivity index (χ4n) is 3.03. The Labute approximate surface area is 173 Å². The number of alkyl halides is 1. The normalized spacial score (nSPS) is 15.2. The van der Waals surface area contributed by atoms with Gasteiger partial charge in [-0.2, -0.15) is 0 Å². The van der Waals surface area contributed by atoms with E-state index in [9.17, 15) is 4.39 Å². The van der Waals surface area contributed by atoms with Crippen molar-refractivity contribution in [1.29, 1.82) is 0 Å². The van der Waals surface area contributed by atoms with E-state index in [2.05, 4.69) is 47.9 Å². The van der Waals surface area contributed by atoms with E-state index < -0.39 is 5.41 Å². The average Bonchev–Trinajstić information content (AvgIpc) is 2.65. The Bertz CT molecular complexity index is 752. The number of rotatable bonds is 10. The van der Waals surface area contributed by atoms with Crippen LogP contribution in [0.4, 0.5) is 4.39 Å². The van der Waals surface area contributed by atoms with Crippen LogP contribution in [0.2, 0.25) is 0 Å². The molecule has 0 bridgehead atoms. The van der Waals surface area contributed by atoms with Crippen LogP contribution in [0.3, 0.4) is 0 Å². The molecule has 0 heterocycles. The van der Waals surface area contributed by atoms with Crippen LogP contribution in [0, 0.1) is 5.92 Å². The summed E-state index contributed by atoms with van der Waals surface area (Å²) in [5.41, 5.74) is 4.76. The van der Waals surface area contributed by atoms with Crippen molar-refractivity contribution in [1.82, 2.24) is 0 Å². The highest BCUT2D eigenvalue weighted by Crippen LogP contribution is 2.35. The Morgan fingerprint density at radius 2 is 1.82 bits per heavy atom. The van der Waals surface area contributed by atoms with Crippen LogP contribution < -0.4 is 0 Å². The zero-order chi connectivity index (χ0) is 21.3. The first-order valence-corrected chi connectivity index (χ1v) is 10.6. The molecule has 154 valence electrons. The monoisotopic (exact) mass is 402 g/mol. The molecule has 28 heavy (non-hydrogen) atoms. The molecule has 0 aliphatic carbocycles. The largest absolute Gasteiger partial charge is 0.496 e. The minimum atomic E-state index is -1.47. The van der Waals surface area contributed by atoms with Crippen molar-refractivity contribution >= 4 is 20.6 Å². The lowest BCUT2D eigenvalue weighted by Gasteiger charge is -2.20. The Kier molecular flexibility index (Phi) is 9.90. The van der Waals surface area contributed by atoms with Crippen LogP contribution >= 0.6 is 9.24 Å². The zero-order valence-electron chi connectivity index (χ0n) is 18.3. The van der Waals surface area contributed by atoms with E-state index >= 15 is 0 Å². The third kappa shape index (κ3) is 6.74. The lowest BCUT2D eigenvalue weighted by atomic mass is 9.92. The number of halogens is 1. The summed E-state index contributed by atoms with van der Waals surface area (Å²) >= 11 is 0. The summed E-state index contributed by atoms with van der Waals surface area (Å²) in [6.45, 7) is 14.4. The number of hydrogen-bond acceptors (Lipinski definition) is 1. The fraction of sp³-hybridized carbons (Fsp3) is 0.440. The molecule has 1 aromatic rings. The average molecular weight is 403 g/mol. The van der Waals surface area contributed by atoms with Crippen molar-refractivity contribution in [2.75, 3.05) is 7.11 Å². The Hall–Kier alpha value is -1.66. The van der Waals surface area contributed by atoms with Gasteiger partial charge < -0.3 is 4.74 Å². The van der Waals surface area contributed by atoms with E-state index in [1.807, 2.05) is 45.1 Å². The molecule has 0 N–H and O–H groups in total. The van der Waals surface area contributed by atoms with Gasteiger partial charge >= 0.3 is 0 Å². The van der Waals surface area contributed by atoms with Gasteiger partial charge in [-0.1, -0.05) is 91.9 Å². The summed E-state index contributed by atoms with van der Waals surface area (Å²) in [4.78, 5) is 0. The second-order valence-corrected chi connectivity index (χ2v) is 8.47. The number of ether oxygens (including phenoxy) is 1. The van der Waals surface area contributed by atoms with E-state index in [1.54, 1.807) is 7.11 Å². The number of allylic oxidation sites excluding steroid dienone is 6. The van der Waals surface area contributed by atoms with Gasteiger partial charge in [0.1, 0.15) is 11.2 Å². The molecule has 1 rings (SSSR count). The van der Waals surface area contributed by atoms with Crippen LogP contribution in [0.15, 0.2) is 60.2 Å². The summed E-state index contributed by atoms with van der Waals surface area (Å²) in [5, 5.41) is -1.47. The van der Waals surface area contributed by atoms with Gasteiger partial charge in [0.25, 0.3) is 0 Å². The molecule has 1 nitrogen and oxygen atoms in total. The zero-order valence-corrected chi connectivity index (χ0v) is 19.5. The molecule has 0 amide bonds. The van der Waals surface area contributed by atoms with E-state index in [0.717, 1.165) is 40.9 Å². The standard InChI is InChI=1S/C25H36FOP/c1-8-16-25(26,28)20(6)14-15-21(17-19(5)9-2)22-12-10-11-13-23(22)24(27-7)18(3)4/h10-15,17,19H,6,8-9,16,28H2,1-5,7H3/b15-14-,21-17+. The summed E-state index contributed by atoms with van der Waals surface area (Å²) in [6.07, 6.45) is 8.27. The molecule has 3 heteroatoms. The molecular weight excluding hydrogens is 366 g/mol. The van der Waals surface area contributed by atoms with E-state index in [4.69, 9.17) is 4.74 Å². The fourth-order valence-corrected chi connectivity index (χ4v) is 3.41. The molecule has 0 radical (unpaired) electrons. The predicted molar refractivity (Wildman–Crippen MR) is 126 cm³/mol. The van der Waals surface area contributed by atoms with Gasteiger partial charge in [-0.3, -0.25) is 0 Å². The van der Waals surface area contributed by atoms with Crippen LogP contribution in [-0.4, -0.2) is 12.5 Å². The maximum atomic E-state index is 14.8. The SMILES string of the molecule is C=C(/C=C\C(=C/C(C)CC)c1ccccc1C(OC)=C(C)C)C(F)(P)CCC. The Morgan fingerprint density at radius 1 is 1.21 bits per heavy atom. The van der Waals surface area contributed by atoms with E-state index in [-0.39, 0.29) is 0 Å². The number of methoxy groups -OCH3 is 1. The van der Waals surface area contributed by atoms with Gasteiger partial charge in [0, 0.05) is 5.56 Å². The summed E-state index contributed by atoms with van der Waals surface area (Å²) in [5.74, 6) is 1.27. The van der Waals surface area contributed by atoms with Gasteiger partial charge in [0.05, 0.1) is 7.11 Å². The molecule has 0 fully saturated rings. The quantitative estimate of drug-likeness (QED) is 0.219. The molecule has 0 saturated heterocycles. The van der Waals surface area contributed by atoms with Crippen LogP contribution in [0.5, 0.6) is 0 Å². The van der Waals surface area contributed by atoms with E-state index in [1.165, 1.54) is 0 Å². The van der Waals surface area contributed by atoms with Crippen LogP contribution in [0.1, 0.15) is 65.0 Å². The lowest BCUT2D eigenvalue weighted by molar-refractivity contribution is 0.320. The van der Waals surface area contributed by atoms with Gasteiger partial charge in [-0.05, 0) is 48.5 Å². The Balaban J connectivity index is 3.47. The molecule has 0 spiro atoms. The molecule has 3 unspecified atom stereocenters. The predicted octanol–water partition coefficient (Wildman–Crippen LogP) is 7.97. The first-order valence-electron chi connectivity index (χ1n) is 10.1. The highest BCUT2D eigenvalue weighted by molar-refractivity contribution is 7.19. The molecule has 1 aromatic carbocycles.